The van der Waals surface area contributed by atoms with E-state index >= 15 is 4.39 Å². The molecule has 0 spiro atoms. The topological polar surface area (TPSA) is 150 Å². The van der Waals surface area contributed by atoms with Crippen molar-refractivity contribution < 1.29 is 38.8 Å². The van der Waals surface area contributed by atoms with E-state index in [0.29, 0.717) is 11.6 Å². The molecule has 0 atom stereocenters. The summed E-state index contributed by atoms with van der Waals surface area (Å²) in [5.74, 6) is -4.82. The molecular formula is C20H18FN3O8. The van der Waals surface area contributed by atoms with Crippen LogP contribution in [0.15, 0.2) is 28.8 Å². The van der Waals surface area contributed by atoms with Crippen LogP contribution >= 0.6 is 0 Å². The van der Waals surface area contributed by atoms with Gasteiger partial charge in [-0.2, -0.15) is 0 Å². The molecule has 32 heavy (non-hydrogen) atoms. The number of benzene rings is 1. The predicted octanol–water partition coefficient (Wildman–Crippen LogP) is 0.406. The molecular weight excluding hydrogens is 429 g/mol. The third-order valence-corrected chi connectivity index (χ3v) is 5.47. The van der Waals surface area contributed by atoms with Crippen molar-refractivity contribution in [3.8, 4) is 5.75 Å². The Morgan fingerprint density at radius 1 is 1.06 bits per heavy atom. The molecule has 0 amide bonds. The van der Waals surface area contributed by atoms with Crippen molar-refractivity contribution >= 4 is 34.5 Å². The molecule has 4 rings (SSSR count). The summed E-state index contributed by atoms with van der Waals surface area (Å²) >= 11 is 0. The standard InChI is InChI=1S/C20H18FN3O8/c21-12-7-10-15-18(32-6-5-24(15)9-11(17(10)27)19(28)29)16(12)23-3-1-22(2-4-23)13(20(30)31)8-14(25)26/h7-9H,1-6H2,(H,25,26)(H,28,29)(H,30,31)/b13-8+. The summed E-state index contributed by atoms with van der Waals surface area (Å²) in [5, 5.41) is 27.4. The highest BCUT2D eigenvalue weighted by molar-refractivity contribution is 5.97. The molecule has 3 heterocycles. The second-order valence-electron chi connectivity index (χ2n) is 7.30. The second-order valence-corrected chi connectivity index (χ2v) is 7.30. The van der Waals surface area contributed by atoms with Crippen LogP contribution in [0.3, 0.4) is 0 Å². The lowest BCUT2D eigenvalue weighted by Crippen LogP contribution is -2.47. The van der Waals surface area contributed by atoms with E-state index in [2.05, 4.69) is 0 Å². The molecule has 1 saturated heterocycles. The van der Waals surface area contributed by atoms with Crippen LogP contribution in [0.1, 0.15) is 10.4 Å². The average molecular weight is 447 g/mol. The summed E-state index contributed by atoms with van der Waals surface area (Å²) in [7, 11) is 0. The zero-order chi connectivity index (χ0) is 23.2. The molecule has 0 unspecified atom stereocenters. The van der Waals surface area contributed by atoms with Crippen molar-refractivity contribution in [1.29, 1.82) is 0 Å². The van der Waals surface area contributed by atoms with Gasteiger partial charge in [0, 0.05) is 32.4 Å². The molecule has 0 radical (unpaired) electrons. The van der Waals surface area contributed by atoms with E-state index in [1.54, 1.807) is 9.47 Å². The summed E-state index contributed by atoms with van der Waals surface area (Å²) in [4.78, 5) is 49.3. The van der Waals surface area contributed by atoms with E-state index in [1.807, 2.05) is 0 Å². The first kappa shape index (κ1) is 21.2. The lowest BCUT2D eigenvalue weighted by Gasteiger charge is -2.38. The number of rotatable bonds is 5. The van der Waals surface area contributed by atoms with Gasteiger partial charge in [-0.05, 0) is 6.07 Å². The van der Waals surface area contributed by atoms with Gasteiger partial charge in [-0.3, -0.25) is 4.79 Å². The second kappa shape index (κ2) is 7.87. The van der Waals surface area contributed by atoms with Gasteiger partial charge >= 0.3 is 17.9 Å². The Labute approximate surface area is 179 Å². The van der Waals surface area contributed by atoms with Gasteiger partial charge in [0.05, 0.1) is 23.5 Å². The summed E-state index contributed by atoms with van der Waals surface area (Å²) in [5.41, 5.74) is -1.26. The summed E-state index contributed by atoms with van der Waals surface area (Å²) in [6, 6.07) is 0.994. The van der Waals surface area contributed by atoms with Gasteiger partial charge in [-0.25, -0.2) is 18.8 Å². The number of carboxylic acids is 3. The van der Waals surface area contributed by atoms with Gasteiger partial charge in [0.15, 0.2) is 11.6 Å². The van der Waals surface area contributed by atoms with Crippen LogP contribution in [0.2, 0.25) is 0 Å². The molecule has 2 aliphatic heterocycles. The molecule has 2 aliphatic rings. The number of carboxylic acid groups (broad SMARTS) is 3. The molecule has 168 valence electrons. The fourth-order valence-electron chi connectivity index (χ4n) is 4.07. The Bertz CT molecular complexity index is 1240. The van der Waals surface area contributed by atoms with Gasteiger partial charge in [-0.1, -0.05) is 0 Å². The molecule has 2 aromatic rings. The fourth-order valence-corrected chi connectivity index (χ4v) is 4.07. The highest BCUT2D eigenvalue weighted by atomic mass is 19.1. The molecule has 1 aromatic carbocycles. The lowest BCUT2D eigenvalue weighted by molar-refractivity contribution is -0.136. The van der Waals surface area contributed by atoms with E-state index in [4.69, 9.17) is 9.84 Å². The maximum Gasteiger partial charge on any atom is 0.352 e. The number of hydrogen-bond acceptors (Lipinski definition) is 7. The molecule has 1 aromatic heterocycles. The molecule has 11 nitrogen and oxygen atoms in total. The van der Waals surface area contributed by atoms with Crippen molar-refractivity contribution in [2.75, 3.05) is 37.7 Å². The van der Waals surface area contributed by atoms with Crippen molar-refractivity contribution in [1.82, 2.24) is 9.47 Å². The number of aliphatic carboxylic acids is 2. The molecule has 0 bridgehead atoms. The largest absolute Gasteiger partial charge is 0.487 e. The average Bonchev–Trinajstić information content (AvgIpc) is 2.74. The Hall–Kier alpha value is -4.09. The smallest absolute Gasteiger partial charge is 0.352 e. The van der Waals surface area contributed by atoms with Crippen LogP contribution < -0.4 is 15.1 Å². The number of aromatic carboxylic acids is 1. The minimum Gasteiger partial charge on any atom is -0.487 e. The number of piperazine rings is 1. The van der Waals surface area contributed by atoms with Crippen molar-refractivity contribution in [3.05, 3.63) is 45.6 Å². The first-order valence-corrected chi connectivity index (χ1v) is 9.62. The maximum absolute atomic E-state index is 15.2. The van der Waals surface area contributed by atoms with E-state index in [1.165, 1.54) is 11.1 Å². The quantitative estimate of drug-likeness (QED) is 0.550. The summed E-state index contributed by atoms with van der Waals surface area (Å²) < 4.78 is 22.4. The van der Waals surface area contributed by atoms with Crippen LogP contribution in [0.4, 0.5) is 10.1 Å². The van der Waals surface area contributed by atoms with E-state index < -0.39 is 34.7 Å². The van der Waals surface area contributed by atoms with Crippen molar-refractivity contribution in [2.45, 2.75) is 6.54 Å². The van der Waals surface area contributed by atoms with Crippen LogP contribution in [0.25, 0.3) is 10.9 Å². The molecule has 12 heteroatoms. The third-order valence-electron chi connectivity index (χ3n) is 5.47. The van der Waals surface area contributed by atoms with Crippen molar-refractivity contribution in [3.63, 3.8) is 0 Å². The van der Waals surface area contributed by atoms with Crippen LogP contribution in [0.5, 0.6) is 5.75 Å². The van der Waals surface area contributed by atoms with Gasteiger partial charge in [-0.15, -0.1) is 0 Å². The SMILES string of the molecule is O=C(O)/C=C(\C(=O)O)N1CCN(c2c(F)cc3c(=O)c(C(=O)O)cn4c3c2OCC4)CC1. The maximum atomic E-state index is 15.2. The third kappa shape index (κ3) is 3.49. The molecule has 1 fully saturated rings. The highest BCUT2D eigenvalue weighted by Gasteiger charge is 2.31. The zero-order valence-corrected chi connectivity index (χ0v) is 16.6. The number of carbonyl (C=O) groups is 3. The number of anilines is 1. The zero-order valence-electron chi connectivity index (χ0n) is 16.6. The van der Waals surface area contributed by atoms with Crippen molar-refractivity contribution in [2.24, 2.45) is 0 Å². The van der Waals surface area contributed by atoms with E-state index in [9.17, 15) is 29.4 Å². The minimum absolute atomic E-state index is 0.0900. The number of hydrogen-bond donors (Lipinski definition) is 3. The van der Waals surface area contributed by atoms with Crippen LogP contribution in [-0.2, 0) is 16.1 Å². The normalized spacial score (nSPS) is 16.1. The molecule has 0 saturated carbocycles. The Morgan fingerprint density at radius 2 is 1.75 bits per heavy atom. The number of ether oxygens (including phenoxy) is 1. The molecule has 3 N–H and O–H groups in total. The number of aromatic nitrogens is 1. The van der Waals surface area contributed by atoms with Crippen LogP contribution in [-0.4, -0.2) is 75.5 Å². The predicted molar refractivity (Wildman–Crippen MR) is 108 cm³/mol. The van der Waals surface area contributed by atoms with E-state index in [-0.39, 0.29) is 61.9 Å². The lowest BCUT2D eigenvalue weighted by atomic mass is 10.1. The van der Waals surface area contributed by atoms with Gasteiger partial charge in [0.2, 0.25) is 5.43 Å². The number of pyridine rings is 1. The van der Waals surface area contributed by atoms with Crippen LogP contribution in [0, 0.1) is 5.82 Å². The summed E-state index contributed by atoms with van der Waals surface area (Å²) in [6.07, 6.45) is 1.83. The first-order chi connectivity index (χ1) is 15.2. The number of halogens is 1. The fraction of sp³-hybridized carbons (Fsp3) is 0.300. The highest BCUT2D eigenvalue weighted by Crippen LogP contribution is 2.40. The first-order valence-electron chi connectivity index (χ1n) is 9.62. The van der Waals surface area contributed by atoms with Gasteiger partial charge in [0.1, 0.15) is 23.6 Å². The monoisotopic (exact) mass is 447 g/mol. The number of nitrogens with zero attached hydrogens (tertiary/aromatic N) is 3. The minimum atomic E-state index is -1.40. The Balaban J connectivity index is 1.74. The van der Waals surface area contributed by atoms with Gasteiger partial charge < -0.3 is 34.4 Å². The summed E-state index contributed by atoms with van der Waals surface area (Å²) in [6.45, 7) is 0.997. The van der Waals surface area contributed by atoms with Gasteiger partial charge in [0.25, 0.3) is 0 Å². The Kier molecular flexibility index (Phi) is 5.20. The Morgan fingerprint density at radius 3 is 2.34 bits per heavy atom. The van der Waals surface area contributed by atoms with E-state index in [0.717, 1.165) is 6.07 Å². The molecule has 0 aliphatic carbocycles.